The van der Waals surface area contributed by atoms with Crippen molar-refractivity contribution in [1.29, 1.82) is 0 Å². The van der Waals surface area contributed by atoms with Gasteiger partial charge in [-0.15, -0.1) is 0 Å². The molecule has 0 radical (unpaired) electrons. The van der Waals surface area contributed by atoms with E-state index in [-0.39, 0.29) is 5.91 Å². The zero-order valence-corrected chi connectivity index (χ0v) is 12.7. The summed E-state index contributed by atoms with van der Waals surface area (Å²) in [6.07, 6.45) is 4.29. The largest absolute Gasteiger partial charge is 0.332 e. The number of aryl methyl sites for hydroxylation is 1. The Labute approximate surface area is 126 Å². The number of hydrogen-bond acceptors (Lipinski definition) is 3. The smallest absolute Gasteiger partial charge is 0.257 e. The molecule has 1 amide bonds. The molecule has 0 unspecified atom stereocenters. The van der Waals surface area contributed by atoms with Gasteiger partial charge in [0.05, 0.1) is 17.8 Å². The number of fused-ring (bicyclic) bond motifs is 1. The quantitative estimate of drug-likeness (QED) is 0.868. The fraction of sp³-hybridized carbons (Fsp3) is 0.267. The van der Waals surface area contributed by atoms with E-state index in [0.29, 0.717) is 18.7 Å². The van der Waals surface area contributed by atoms with Crippen LogP contribution >= 0.6 is 15.9 Å². The zero-order chi connectivity index (χ0) is 14.1. The Morgan fingerprint density at radius 2 is 2.15 bits per heavy atom. The highest BCUT2D eigenvalue weighted by molar-refractivity contribution is 9.10. The van der Waals surface area contributed by atoms with Crippen LogP contribution in [-0.2, 0) is 13.0 Å². The molecule has 2 aromatic heterocycles. The molecule has 0 aromatic carbocycles. The number of aromatic nitrogens is 2. The number of halogens is 1. The fourth-order valence-corrected chi connectivity index (χ4v) is 2.95. The summed E-state index contributed by atoms with van der Waals surface area (Å²) in [7, 11) is 0. The molecule has 0 fully saturated rings. The topological polar surface area (TPSA) is 46.1 Å². The van der Waals surface area contributed by atoms with Crippen LogP contribution in [0.5, 0.6) is 0 Å². The molecule has 0 N–H and O–H groups in total. The third kappa shape index (κ3) is 2.33. The second kappa shape index (κ2) is 5.32. The van der Waals surface area contributed by atoms with Gasteiger partial charge >= 0.3 is 0 Å². The predicted octanol–water partition coefficient (Wildman–Crippen LogP) is 2.75. The Kier molecular flexibility index (Phi) is 3.53. The molecule has 1 aliphatic heterocycles. The van der Waals surface area contributed by atoms with Gasteiger partial charge in [0, 0.05) is 35.5 Å². The lowest BCUT2D eigenvalue weighted by Gasteiger charge is -2.15. The third-order valence-corrected chi connectivity index (χ3v) is 4.22. The van der Waals surface area contributed by atoms with E-state index in [1.165, 1.54) is 0 Å². The van der Waals surface area contributed by atoms with Crippen LogP contribution in [0.2, 0.25) is 0 Å². The van der Waals surface area contributed by atoms with Crippen molar-refractivity contribution in [2.75, 3.05) is 6.54 Å². The molecular weight excluding hydrogens is 318 g/mol. The summed E-state index contributed by atoms with van der Waals surface area (Å²) in [5.74, 6) is 0.0496. The van der Waals surface area contributed by atoms with E-state index >= 15 is 0 Å². The van der Waals surface area contributed by atoms with E-state index in [1.807, 2.05) is 30.0 Å². The van der Waals surface area contributed by atoms with Gasteiger partial charge in [0.25, 0.3) is 5.91 Å². The second-order valence-electron chi connectivity index (χ2n) is 4.86. The monoisotopic (exact) mass is 331 g/mol. The van der Waals surface area contributed by atoms with Gasteiger partial charge in [-0.3, -0.25) is 14.8 Å². The molecule has 3 rings (SSSR count). The molecule has 0 bridgehead atoms. The van der Waals surface area contributed by atoms with E-state index in [1.54, 1.807) is 12.4 Å². The third-order valence-electron chi connectivity index (χ3n) is 3.56. The van der Waals surface area contributed by atoms with Crippen LogP contribution in [-0.4, -0.2) is 27.3 Å². The summed E-state index contributed by atoms with van der Waals surface area (Å²) in [4.78, 5) is 22.8. The number of nitrogens with zero attached hydrogens (tertiary/aromatic N) is 3. The maximum Gasteiger partial charge on any atom is 0.257 e. The number of carbonyl (C=O) groups excluding carboxylic acids is 1. The highest BCUT2D eigenvalue weighted by Crippen LogP contribution is 2.27. The number of carbonyl (C=O) groups is 1. The molecule has 0 aliphatic carbocycles. The van der Waals surface area contributed by atoms with Crippen molar-refractivity contribution in [3.05, 3.63) is 57.6 Å². The van der Waals surface area contributed by atoms with Crippen molar-refractivity contribution in [3.63, 3.8) is 0 Å². The molecule has 5 heteroatoms. The Morgan fingerprint density at radius 3 is 2.90 bits per heavy atom. The number of pyridine rings is 2. The minimum absolute atomic E-state index is 0.0496. The van der Waals surface area contributed by atoms with E-state index in [9.17, 15) is 4.79 Å². The van der Waals surface area contributed by atoms with E-state index < -0.39 is 0 Å². The first-order valence-electron chi connectivity index (χ1n) is 6.50. The molecule has 4 nitrogen and oxygen atoms in total. The summed E-state index contributed by atoms with van der Waals surface area (Å²) in [5, 5.41) is 0. The van der Waals surface area contributed by atoms with Gasteiger partial charge in [0.1, 0.15) is 0 Å². The van der Waals surface area contributed by atoms with Gasteiger partial charge in [-0.2, -0.15) is 0 Å². The van der Waals surface area contributed by atoms with Gasteiger partial charge in [-0.05, 0) is 40.5 Å². The maximum atomic E-state index is 12.4. The Hall–Kier alpha value is -1.75. The first-order valence-corrected chi connectivity index (χ1v) is 7.29. The summed E-state index contributed by atoms with van der Waals surface area (Å²) < 4.78 is 0.823. The van der Waals surface area contributed by atoms with Gasteiger partial charge in [0.2, 0.25) is 0 Å². The molecule has 2 aromatic rings. The minimum Gasteiger partial charge on any atom is -0.332 e. The molecule has 20 heavy (non-hydrogen) atoms. The highest BCUT2D eigenvalue weighted by Gasteiger charge is 2.30. The zero-order valence-electron chi connectivity index (χ0n) is 11.1. The highest BCUT2D eigenvalue weighted by atomic mass is 79.9. The van der Waals surface area contributed by atoms with Crippen LogP contribution in [0.25, 0.3) is 0 Å². The number of amides is 1. The standard InChI is InChI=1S/C15H14BrN3O/c1-10-3-2-6-17-12(10)5-8-19-9-13-14(15(19)20)11(16)4-7-18-13/h2-4,6-7H,5,8-9H2,1H3. The number of rotatable bonds is 3. The summed E-state index contributed by atoms with van der Waals surface area (Å²) in [6.45, 7) is 3.29. The van der Waals surface area contributed by atoms with Crippen molar-refractivity contribution >= 4 is 21.8 Å². The van der Waals surface area contributed by atoms with Crippen LogP contribution in [0.4, 0.5) is 0 Å². The molecule has 0 spiro atoms. The fourth-order valence-electron chi connectivity index (χ4n) is 2.44. The molecule has 0 saturated carbocycles. The minimum atomic E-state index is 0.0496. The van der Waals surface area contributed by atoms with Crippen LogP contribution in [0.3, 0.4) is 0 Å². The van der Waals surface area contributed by atoms with Gasteiger partial charge in [-0.25, -0.2) is 0 Å². The molecule has 0 atom stereocenters. The normalized spacial score (nSPS) is 13.7. The van der Waals surface area contributed by atoms with Crippen LogP contribution in [0.15, 0.2) is 35.1 Å². The summed E-state index contributed by atoms with van der Waals surface area (Å²) >= 11 is 3.42. The van der Waals surface area contributed by atoms with Crippen molar-refractivity contribution in [1.82, 2.24) is 14.9 Å². The Morgan fingerprint density at radius 1 is 1.30 bits per heavy atom. The molecule has 0 saturated heterocycles. The predicted molar refractivity (Wildman–Crippen MR) is 79.4 cm³/mol. The van der Waals surface area contributed by atoms with E-state index in [4.69, 9.17) is 0 Å². The first-order chi connectivity index (χ1) is 9.66. The average Bonchev–Trinajstić information content (AvgIpc) is 2.76. The summed E-state index contributed by atoms with van der Waals surface area (Å²) in [6, 6.07) is 5.78. The molecule has 1 aliphatic rings. The average molecular weight is 332 g/mol. The van der Waals surface area contributed by atoms with Crippen molar-refractivity contribution in [3.8, 4) is 0 Å². The maximum absolute atomic E-state index is 12.4. The lowest BCUT2D eigenvalue weighted by Crippen LogP contribution is -2.26. The van der Waals surface area contributed by atoms with E-state index in [2.05, 4.69) is 25.9 Å². The van der Waals surface area contributed by atoms with E-state index in [0.717, 1.165) is 27.8 Å². The lowest BCUT2D eigenvalue weighted by atomic mass is 10.1. The van der Waals surface area contributed by atoms with Crippen molar-refractivity contribution < 1.29 is 4.79 Å². The van der Waals surface area contributed by atoms with Crippen molar-refractivity contribution in [2.24, 2.45) is 0 Å². The van der Waals surface area contributed by atoms with Crippen LogP contribution in [0, 0.1) is 6.92 Å². The second-order valence-corrected chi connectivity index (χ2v) is 5.71. The lowest BCUT2D eigenvalue weighted by molar-refractivity contribution is 0.0779. The molecular formula is C15H14BrN3O. The van der Waals surface area contributed by atoms with Crippen LogP contribution < -0.4 is 0 Å². The summed E-state index contributed by atoms with van der Waals surface area (Å²) in [5.41, 5.74) is 3.76. The SMILES string of the molecule is Cc1cccnc1CCN1Cc2nccc(Br)c2C1=O. The van der Waals surface area contributed by atoms with Gasteiger partial charge < -0.3 is 4.90 Å². The van der Waals surface area contributed by atoms with Gasteiger partial charge in [0.15, 0.2) is 0 Å². The van der Waals surface area contributed by atoms with Gasteiger partial charge in [-0.1, -0.05) is 6.07 Å². The molecule has 3 heterocycles. The Bertz CT molecular complexity index is 672. The van der Waals surface area contributed by atoms with Crippen LogP contribution in [0.1, 0.15) is 27.3 Å². The Balaban J connectivity index is 1.74. The first kappa shape index (κ1) is 13.2. The molecule has 102 valence electrons. The number of hydrogen-bond donors (Lipinski definition) is 0. The van der Waals surface area contributed by atoms with Crippen molar-refractivity contribution in [2.45, 2.75) is 19.9 Å².